The van der Waals surface area contributed by atoms with Crippen LogP contribution in [0.5, 0.6) is 5.75 Å². The highest BCUT2D eigenvalue weighted by Gasteiger charge is 2.12. The molecule has 0 fully saturated rings. The smallest absolute Gasteiger partial charge is 0.278 e. The maximum absolute atomic E-state index is 12.1. The summed E-state index contributed by atoms with van der Waals surface area (Å²) in [6.07, 6.45) is 0. The number of hydrogen-bond donors (Lipinski definition) is 1. The van der Waals surface area contributed by atoms with E-state index in [1.54, 1.807) is 12.1 Å². The average molecular weight is 271 g/mol. The second kappa shape index (κ2) is 6.73. The van der Waals surface area contributed by atoms with Gasteiger partial charge >= 0.3 is 0 Å². The minimum Gasteiger partial charge on any atom is -0.496 e. The minimum atomic E-state index is -0.318. The molecule has 1 amide bonds. The van der Waals surface area contributed by atoms with E-state index in [2.05, 4.69) is 5.48 Å². The number of hydrogen-bond acceptors (Lipinski definition) is 3. The van der Waals surface area contributed by atoms with Gasteiger partial charge in [-0.05, 0) is 24.6 Å². The van der Waals surface area contributed by atoms with E-state index in [4.69, 9.17) is 9.57 Å². The predicted molar refractivity (Wildman–Crippen MR) is 76.4 cm³/mol. The molecular weight excluding hydrogens is 254 g/mol. The van der Waals surface area contributed by atoms with E-state index < -0.39 is 0 Å². The lowest BCUT2D eigenvalue weighted by Gasteiger charge is -2.10. The molecule has 4 nitrogen and oxygen atoms in total. The SMILES string of the molecule is COc1ccc(C)cc1C(=O)NOCc1ccccc1. The largest absolute Gasteiger partial charge is 0.496 e. The lowest BCUT2D eigenvalue weighted by Crippen LogP contribution is -2.24. The second-order valence-electron chi connectivity index (χ2n) is 4.41. The standard InChI is InChI=1S/C16H17NO3/c1-12-8-9-15(19-2)14(10-12)16(18)17-20-11-13-6-4-3-5-7-13/h3-10H,11H2,1-2H3,(H,17,18). The number of aryl methyl sites for hydroxylation is 1. The van der Waals surface area contributed by atoms with Crippen LogP contribution in [0, 0.1) is 6.92 Å². The lowest BCUT2D eigenvalue weighted by atomic mass is 10.1. The Balaban J connectivity index is 1.97. The number of carbonyl (C=O) groups is 1. The molecule has 0 heterocycles. The Kier molecular flexibility index (Phi) is 4.74. The van der Waals surface area contributed by atoms with Gasteiger partial charge in [-0.3, -0.25) is 9.63 Å². The summed E-state index contributed by atoms with van der Waals surface area (Å²) >= 11 is 0. The number of hydroxylamine groups is 1. The van der Waals surface area contributed by atoms with Crippen LogP contribution >= 0.6 is 0 Å². The highest BCUT2D eigenvalue weighted by molar-refractivity contribution is 5.96. The first-order chi connectivity index (χ1) is 9.70. The van der Waals surface area contributed by atoms with Gasteiger partial charge in [0.05, 0.1) is 19.3 Å². The predicted octanol–water partition coefficient (Wildman–Crippen LogP) is 2.87. The molecule has 0 aliphatic heterocycles. The van der Waals surface area contributed by atoms with E-state index in [1.165, 1.54) is 7.11 Å². The van der Waals surface area contributed by atoms with Crippen molar-refractivity contribution in [2.24, 2.45) is 0 Å². The molecule has 0 unspecified atom stereocenters. The summed E-state index contributed by atoms with van der Waals surface area (Å²) in [6, 6.07) is 15.1. The third-order valence-corrected chi connectivity index (χ3v) is 2.85. The monoisotopic (exact) mass is 271 g/mol. The number of ether oxygens (including phenoxy) is 1. The Hall–Kier alpha value is -2.33. The molecule has 1 N–H and O–H groups in total. The van der Waals surface area contributed by atoms with Crippen LogP contribution in [0.2, 0.25) is 0 Å². The molecule has 0 aliphatic carbocycles. The van der Waals surface area contributed by atoms with Crippen molar-refractivity contribution in [3.63, 3.8) is 0 Å². The molecule has 0 atom stereocenters. The highest BCUT2D eigenvalue weighted by Crippen LogP contribution is 2.19. The second-order valence-corrected chi connectivity index (χ2v) is 4.41. The van der Waals surface area contributed by atoms with E-state index in [-0.39, 0.29) is 5.91 Å². The number of nitrogens with one attached hydrogen (secondary N) is 1. The van der Waals surface area contributed by atoms with E-state index in [0.29, 0.717) is 17.9 Å². The van der Waals surface area contributed by atoms with Crippen LogP contribution in [0.1, 0.15) is 21.5 Å². The van der Waals surface area contributed by atoms with E-state index >= 15 is 0 Å². The zero-order valence-electron chi connectivity index (χ0n) is 11.6. The zero-order chi connectivity index (χ0) is 14.4. The van der Waals surface area contributed by atoms with Gasteiger partial charge in [-0.2, -0.15) is 0 Å². The molecule has 0 radical (unpaired) electrons. The third-order valence-electron chi connectivity index (χ3n) is 2.85. The third kappa shape index (κ3) is 3.59. The van der Waals surface area contributed by atoms with Crippen LogP contribution in [-0.2, 0) is 11.4 Å². The molecule has 0 aliphatic rings. The first-order valence-corrected chi connectivity index (χ1v) is 6.31. The quantitative estimate of drug-likeness (QED) is 0.851. The molecule has 0 spiro atoms. The van der Waals surface area contributed by atoms with Crippen molar-refractivity contribution in [1.82, 2.24) is 5.48 Å². The molecule has 0 aromatic heterocycles. The van der Waals surface area contributed by atoms with Crippen LogP contribution in [-0.4, -0.2) is 13.0 Å². The number of rotatable bonds is 5. The van der Waals surface area contributed by atoms with Crippen LogP contribution in [0.4, 0.5) is 0 Å². The van der Waals surface area contributed by atoms with E-state index in [1.807, 2.05) is 43.3 Å². The van der Waals surface area contributed by atoms with Gasteiger partial charge in [0.25, 0.3) is 5.91 Å². The van der Waals surface area contributed by atoms with Gasteiger partial charge in [0.15, 0.2) is 0 Å². The van der Waals surface area contributed by atoms with Gasteiger partial charge in [0.2, 0.25) is 0 Å². The molecule has 2 rings (SSSR count). The van der Waals surface area contributed by atoms with Crippen molar-refractivity contribution in [3.05, 3.63) is 65.2 Å². The molecule has 2 aromatic carbocycles. The van der Waals surface area contributed by atoms with E-state index in [9.17, 15) is 4.79 Å². The normalized spacial score (nSPS) is 10.1. The Morgan fingerprint density at radius 2 is 1.90 bits per heavy atom. The molecular formula is C16H17NO3. The Bertz CT molecular complexity index is 582. The fraction of sp³-hybridized carbons (Fsp3) is 0.188. The van der Waals surface area contributed by atoms with Crippen LogP contribution in [0.3, 0.4) is 0 Å². The minimum absolute atomic E-state index is 0.318. The van der Waals surface area contributed by atoms with Gasteiger partial charge in [0, 0.05) is 0 Å². The van der Waals surface area contributed by atoms with Gasteiger partial charge in [-0.25, -0.2) is 5.48 Å². The Morgan fingerprint density at radius 3 is 2.60 bits per heavy atom. The van der Waals surface area contributed by atoms with Gasteiger partial charge < -0.3 is 4.74 Å². The van der Waals surface area contributed by atoms with Crippen molar-refractivity contribution >= 4 is 5.91 Å². The average Bonchev–Trinajstić information content (AvgIpc) is 2.48. The van der Waals surface area contributed by atoms with Crippen molar-refractivity contribution in [2.45, 2.75) is 13.5 Å². The fourth-order valence-corrected chi connectivity index (χ4v) is 1.81. The summed E-state index contributed by atoms with van der Waals surface area (Å²) in [5.74, 6) is 0.206. The summed E-state index contributed by atoms with van der Waals surface area (Å²) in [5.41, 5.74) is 4.86. The topological polar surface area (TPSA) is 47.6 Å². The molecule has 4 heteroatoms. The molecule has 104 valence electrons. The van der Waals surface area contributed by atoms with Crippen LogP contribution in [0.25, 0.3) is 0 Å². The molecule has 0 saturated carbocycles. The molecule has 20 heavy (non-hydrogen) atoms. The van der Waals surface area contributed by atoms with Gasteiger partial charge in [0.1, 0.15) is 5.75 Å². The van der Waals surface area contributed by atoms with E-state index in [0.717, 1.165) is 11.1 Å². The van der Waals surface area contributed by atoms with Crippen LogP contribution in [0.15, 0.2) is 48.5 Å². The van der Waals surface area contributed by atoms with Crippen molar-refractivity contribution in [2.75, 3.05) is 7.11 Å². The van der Waals surface area contributed by atoms with Crippen molar-refractivity contribution < 1.29 is 14.4 Å². The number of benzene rings is 2. The van der Waals surface area contributed by atoms with Gasteiger partial charge in [-0.15, -0.1) is 0 Å². The first-order valence-electron chi connectivity index (χ1n) is 6.31. The Labute approximate surface area is 118 Å². The fourth-order valence-electron chi connectivity index (χ4n) is 1.81. The summed E-state index contributed by atoms with van der Waals surface area (Å²) in [6.45, 7) is 2.24. The summed E-state index contributed by atoms with van der Waals surface area (Å²) in [4.78, 5) is 17.3. The summed E-state index contributed by atoms with van der Waals surface area (Å²) in [5, 5.41) is 0. The Morgan fingerprint density at radius 1 is 1.15 bits per heavy atom. The molecule has 0 bridgehead atoms. The maximum atomic E-state index is 12.1. The summed E-state index contributed by atoms with van der Waals surface area (Å²) < 4.78 is 5.17. The highest BCUT2D eigenvalue weighted by atomic mass is 16.6. The number of carbonyl (C=O) groups excluding carboxylic acids is 1. The maximum Gasteiger partial charge on any atom is 0.278 e. The van der Waals surface area contributed by atoms with Crippen molar-refractivity contribution in [3.8, 4) is 5.75 Å². The first kappa shape index (κ1) is 14.1. The molecule has 0 saturated heterocycles. The number of amides is 1. The van der Waals surface area contributed by atoms with Crippen LogP contribution < -0.4 is 10.2 Å². The van der Waals surface area contributed by atoms with Gasteiger partial charge in [-0.1, -0.05) is 42.0 Å². The van der Waals surface area contributed by atoms with Crippen molar-refractivity contribution in [1.29, 1.82) is 0 Å². The summed E-state index contributed by atoms with van der Waals surface area (Å²) in [7, 11) is 1.53. The lowest BCUT2D eigenvalue weighted by molar-refractivity contribution is 0.0231. The number of methoxy groups -OCH3 is 1. The molecule has 2 aromatic rings. The zero-order valence-corrected chi connectivity index (χ0v) is 11.6.